The van der Waals surface area contributed by atoms with Gasteiger partial charge in [0.25, 0.3) is 0 Å². The molecule has 0 fully saturated rings. The first kappa shape index (κ1) is 9.47. The van der Waals surface area contributed by atoms with E-state index < -0.39 is 0 Å². The van der Waals surface area contributed by atoms with Crippen LogP contribution in [0.15, 0.2) is 5.10 Å². The van der Waals surface area contributed by atoms with Gasteiger partial charge in [-0.05, 0) is 19.8 Å². The normalized spacial score (nSPS) is 11.8. The molecule has 0 aromatic heterocycles. The lowest BCUT2D eigenvalue weighted by Gasteiger charge is -2.05. The topological polar surface area (TPSA) is 15.6 Å². The van der Waals surface area contributed by atoms with Gasteiger partial charge >= 0.3 is 0 Å². The second kappa shape index (κ2) is 5.27. The van der Waals surface area contributed by atoms with Crippen LogP contribution in [0, 0.1) is 0 Å². The molecule has 0 spiro atoms. The van der Waals surface area contributed by atoms with Crippen molar-refractivity contribution in [2.24, 2.45) is 5.10 Å². The Morgan fingerprint density at radius 1 is 1.40 bits per heavy atom. The predicted octanol–water partition coefficient (Wildman–Crippen LogP) is 2.11. The highest BCUT2D eigenvalue weighted by atomic mass is 15.4. The Hall–Kier alpha value is -0.530. The molecular formula is C8H18N2. The second-order valence-electron chi connectivity index (χ2n) is 2.79. The van der Waals surface area contributed by atoms with Crippen molar-refractivity contribution in [1.29, 1.82) is 0 Å². The maximum absolute atomic E-state index is 4.26. The number of rotatable bonds is 4. The fourth-order valence-corrected chi connectivity index (χ4v) is 0.824. The molecule has 0 aliphatic carbocycles. The van der Waals surface area contributed by atoms with E-state index in [4.69, 9.17) is 0 Å². The summed E-state index contributed by atoms with van der Waals surface area (Å²) < 4.78 is 0. The van der Waals surface area contributed by atoms with Crippen LogP contribution in [0.3, 0.4) is 0 Å². The lowest BCUT2D eigenvalue weighted by atomic mass is 10.2. The van der Waals surface area contributed by atoms with Gasteiger partial charge in [0.2, 0.25) is 0 Å². The molecule has 0 heterocycles. The molecule has 0 bridgehead atoms. The Morgan fingerprint density at radius 2 is 2.00 bits per heavy atom. The van der Waals surface area contributed by atoms with E-state index in [1.807, 2.05) is 19.1 Å². The molecule has 60 valence electrons. The minimum absolute atomic E-state index is 1.13. The van der Waals surface area contributed by atoms with Gasteiger partial charge in [-0.2, -0.15) is 5.10 Å². The van der Waals surface area contributed by atoms with Crippen molar-refractivity contribution in [2.45, 2.75) is 33.1 Å². The van der Waals surface area contributed by atoms with Crippen molar-refractivity contribution in [3.05, 3.63) is 0 Å². The van der Waals surface area contributed by atoms with E-state index in [-0.39, 0.29) is 0 Å². The summed E-state index contributed by atoms with van der Waals surface area (Å²) in [6, 6.07) is 0. The molecule has 0 amide bonds. The first-order valence-electron chi connectivity index (χ1n) is 3.88. The van der Waals surface area contributed by atoms with Crippen molar-refractivity contribution >= 4 is 5.71 Å². The lowest BCUT2D eigenvalue weighted by Crippen LogP contribution is -2.06. The summed E-state index contributed by atoms with van der Waals surface area (Å²) in [4.78, 5) is 0. The van der Waals surface area contributed by atoms with E-state index in [1.54, 1.807) is 0 Å². The Balaban J connectivity index is 3.49. The molecule has 0 radical (unpaired) electrons. The first-order chi connectivity index (χ1) is 4.66. The molecule has 0 atom stereocenters. The molecule has 0 aliphatic rings. The molecule has 0 aromatic rings. The summed E-state index contributed by atoms with van der Waals surface area (Å²) in [6.45, 7) is 4.28. The van der Waals surface area contributed by atoms with E-state index in [2.05, 4.69) is 18.9 Å². The fraction of sp³-hybridized carbons (Fsp3) is 0.875. The van der Waals surface area contributed by atoms with Crippen molar-refractivity contribution in [3.8, 4) is 0 Å². The molecule has 2 heteroatoms. The molecule has 0 N–H and O–H groups in total. The minimum atomic E-state index is 1.13. The zero-order valence-electron chi connectivity index (χ0n) is 7.52. The average Bonchev–Trinajstić information content (AvgIpc) is 1.82. The third kappa shape index (κ3) is 5.60. The summed E-state index contributed by atoms with van der Waals surface area (Å²) >= 11 is 0. The molecule has 0 saturated heterocycles. The number of hydrazone groups is 1. The third-order valence-corrected chi connectivity index (χ3v) is 1.26. The molecule has 0 unspecified atom stereocenters. The first-order valence-corrected chi connectivity index (χ1v) is 3.88. The van der Waals surface area contributed by atoms with Crippen LogP contribution in [-0.4, -0.2) is 24.8 Å². The standard InChI is InChI=1S/C8H18N2/c1-5-6-7-8(2)9-10(3)4/h5-7H2,1-4H3. The third-order valence-electron chi connectivity index (χ3n) is 1.26. The van der Waals surface area contributed by atoms with Gasteiger partial charge in [0.1, 0.15) is 0 Å². The molecular weight excluding hydrogens is 124 g/mol. The number of hydrogen-bond donors (Lipinski definition) is 0. The van der Waals surface area contributed by atoms with Crippen molar-refractivity contribution < 1.29 is 0 Å². The summed E-state index contributed by atoms with van der Waals surface area (Å²) in [5, 5.41) is 6.12. The maximum atomic E-state index is 4.26. The van der Waals surface area contributed by atoms with E-state index in [9.17, 15) is 0 Å². The number of hydrogen-bond acceptors (Lipinski definition) is 2. The summed E-state index contributed by atoms with van der Waals surface area (Å²) in [5.74, 6) is 0. The monoisotopic (exact) mass is 142 g/mol. The zero-order chi connectivity index (χ0) is 7.98. The van der Waals surface area contributed by atoms with Crippen molar-refractivity contribution in [3.63, 3.8) is 0 Å². The van der Waals surface area contributed by atoms with Gasteiger partial charge in [-0.3, -0.25) is 0 Å². The highest BCUT2D eigenvalue weighted by Crippen LogP contribution is 1.96. The molecule has 10 heavy (non-hydrogen) atoms. The average molecular weight is 142 g/mol. The van der Waals surface area contributed by atoms with Gasteiger partial charge < -0.3 is 5.01 Å². The Bertz CT molecular complexity index is 106. The Labute approximate surface area is 63.9 Å². The van der Waals surface area contributed by atoms with Crippen LogP contribution in [0.2, 0.25) is 0 Å². The summed E-state index contributed by atoms with van der Waals surface area (Å²) in [6.07, 6.45) is 3.64. The van der Waals surface area contributed by atoms with Crippen molar-refractivity contribution in [2.75, 3.05) is 14.1 Å². The number of nitrogens with zero attached hydrogens (tertiary/aromatic N) is 2. The van der Waals surface area contributed by atoms with Crippen LogP contribution in [0.25, 0.3) is 0 Å². The van der Waals surface area contributed by atoms with Crippen LogP contribution >= 0.6 is 0 Å². The Kier molecular flexibility index (Phi) is 4.99. The van der Waals surface area contributed by atoms with Crippen molar-refractivity contribution in [1.82, 2.24) is 5.01 Å². The second-order valence-corrected chi connectivity index (χ2v) is 2.79. The maximum Gasteiger partial charge on any atom is 0.0349 e. The Morgan fingerprint density at radius 3 is 2.40 bits per heavy atom. The minimum Gasteiger partial charge on any atom is -0.303 e. The quantitative estimate of drug-likeness (QED) is 0.433. The van der Waals surface area contributed by atoms with Gasteiger partial charge in [0, 0.05) is 19.8 Å². The van der Waals surface area contributed by atoms with Gasteiger partial charge in [-0.15, -0.1) is 0 Å². The predicted molar refractivity (Wildman–Crippen MR) is 46.3 cm³/mol. The van der Waals surface area contributed by atoms with E-state index in [0.29, 0.717) is 0 Å². The smallest absolute Gasteiger partial charge is 0.0349 e. The van der Waals surface area contributed by atoms with Gasteiger partial charge in [-0.1, -0.05) is 13.3 Å². The number of unbranched alkanes of at least 4 members (excludes halogenated alkanes) is 1. The van der Waals surface area contributed by atoms with Crippen LogP contribution in [0.4, 0.5) is 0 Å². The van der Waals surface area contributed by atoms with Gasteiger partial charge in [-0.25, -0.2) is 0 Å². The van der Waals surface area contributed by atoms with E-state index in [1.165, 1.54) is 18.6 Å². The fourth-order valence-electron chi connectivity index (χ4n) is 0.824. The molecule has 2 nitrogen and oxygen atoms in total. The lowest BCUT2D eigenvalue weighted by molar-refractivity contribution is 0.435. The summed E-state index contributed by atoms with van der Waals surface area (Å²) in [7, 11) is 3.91. The largest absolute Gasteiger partial charge is 0.303 e. The molecule has 0 rings (SSSR count). The van der Waals surface area contributed by atoms with Crippen LogP contribution in [0.5, 0.6) is 0 Å². The molecule has 0 saturated carbocycles. The molecule has 0 aromatic carbocycles. The highest BCUT2D eigenvalue weighted by Gasteiger charge is 1.90. The highest BCUT2D eigenvalue weighted by molar-refractivity contribution is 5.81. The van der Waals surface area contributed by atoms with Gasteiger partial charge in [0.05, 0.1) is 0 Å². The van der Waals surface area contributed by atoms with E-state index in [0.717, 1.165) is 6.42 Å². The zero-order valence-corrected chi connectivity index (χ0v) is 7.52. The SMILES string of the molecule is CCCCC(C)=NN(C)C. The molecule has 0 aliphatic heterocycles. The van der Waals surface area contributed by atoms with Crippen LogP contribution in [-0.2, 0) is 0 Å². The van der Waals surface area contributed by atoms with Gasteiger partial charge in [0.15, 0.2) is 0 Å². The van der Waals surface area contributed by atoms with Crippen LogP contribution in [0.1, 0.15) is 33.1 Å². The van der Waals surface area contributed by atoms with E-state index >= 15 is 0 Å². The summed E-state index contributed by atoms with van der Waals surface area (Å²) in [5.41, 5.74) is 1.23. The van der Waals surface area contributed by atoms with Crippen LogP contribution < -0.4 is 0 Å².